The van der Waals surface area contributed by atoms with Gasteiger partial charge in [-0.3, -0.25) is 10.1 Å². The van der Waals surface area contributed by atoms with Gasteiger partial charge in [0.2, 0.25) is 0 Å². The molecule has 0 saturated carbocycles. The minimum absolute atomic E-state index is 0.167. The molecule has 0 radical (unpaired) electrons. The number of nitrogens with zero attached hydrogens (tertiary/aromatic N) is 1. The van der Waals surface area contributed by atoms with E-state index < -0.39 is 0 Å². The lowest BCUT2D eigenvalue weighted by Gasteiger charge is -2.17. The minimum atomic E-state index is -0.348. The zero-order chi connectivity index (χ0) is 13.0. The van der Waals surface area contributed by atoms with Crippen LogP contribution >= 0.6 is 22.6 Å². The molecule has 0 bridgehead atoms. The van der Waals surface area contributed by atoms with Gasteiger partial charge < -0.3 is 10.6 Å². The monoisotopic (exact) mass is 361 g/mol. The van der Waals surface area contributed by atoms with E-state index in [1.807, 2.05) is 28.7 Å². The van der Waals surface area contributed by atoms with E-state index in [9.17, 15) is 10.1 Å². The Hall–Kier alpha value is -0.890. The number of nitro groups is 1. The molecule has 1 unspecified atom stereocenters. The van der Waals surface area contributed by atoms with Crippen molar-refractivity contribution in [2.24, 2.45) is 0 Å². The van der Waals surface area contributed by atoms with E-state index in [-0.39, 0.29) is 10.6 Å². The van der Waals surface area contributed by atoms with Crippen molar-refractivity contribution in [1.29, 1.82) is 0 Å². The van der Waals surface area contributed by atoms with Gasteiger partial charge in [-0.2, -0.15) is 0 Å². The van der Waals surface area contributed by atoms with Gasteiger partial charge in [0.1, 0.15) is 0 Å². The lowest BCUT2D eigenvalue weighted by molar-refractivity contribution is -0.385. The van der Waals surface area contributed by atoms with Gasteiger partial charge in [0.25, 0.3) is 5.69 Å². The standard InChI is InChI=1S/C12H16IN3O2/c13-11-7-9(4-5-12(11)16(17)18)15-10-3-1-2-6-14-8-10/h4-5,7,10,14-15H,1-3,6,8H2. The van der Waals surface area contributed by atoms with E-state index in [0.717, 1.165) is 25.2 Å². The molecular weight excluding hydrogens is 345 g/mol. The fourth-order valence-corrected chi connectivity index (χ4v) is 2.83. The average molecular weight is 361 g/mol. The van der Waals surface area contributed by atoms with Gasteiger partial charge >= 0.3 is 0 Å². The van der Waals surface area contributed by atoms with Crippen molar-refractivity contribution in [3.05, 3.63) is 31.9 Å². The topological polar surface area (TPSA) is 67.2 Å². The molecule has 18 heavy (non-hydrogen) atoms. The summed E-state index contributed by atoms with van der Waals surface area (Å²) >= 11 is 2.01. The van der Waals surface area contributed by atoms with Gasteiger partial charge in [0.05, 0.1) is 8.49 Å². The van der Waals surface area contributed by atoms with E-state index in [4.69, 9.17) is 0 Å². The smallest absolute Gasteiger partial charge is 0.282 e. The molecule has 2 N–H and O–H groups in total. The van der Waals surface area contributed by atoms with Crippen LogP contribution in [-0.2, 0) is 0 Å². The second kappa shape index (κ2) is 6.33. The zero-order valence-electron chi connectivity index (χ0n) is 9.99. The van der Waals surface area contributed by atoms with Gasteiger partial charge in [0.15, 0.2) is 0 Å². The zero-order valence-corrected chi connectivity index (χ0v) is 12.1. The molecule has 98 valence electrons. The molecule has 1 heterocycles. The highest BCUT2D eigenvalue weighted by atomic mass is 127. The summed E-state index contributed by atoms with van der Waals surface area (Å²) in [6.45, 7) is 2.03. The van der Waals surface area contributed by atoms with Gasteiger partial charge in [-0.1, -0.05) is 6.42 Å². The molecule has 0 amide bonds. The average Bonchev–Trinajstić information content (AvgIpc) is 2.57. The summed E-state index contributed by atoms with van der Waals surface area (Å²) in [5.74, 6) is 0. The number of hydrogen-bond donors (Lipinski definition) is 2. The number of anilines is 1. The molecule has 0 spiro atoms. The fraction of sp³-hybridized carbons (Fsp3) is 0.500. The molecule has 1 atom stereocenters. The highest BCUT2D eigenvalue weighted by Crippen LogP contribution is 2.25. The summed E-state index contributed by atoms with van der Waals surface area (Å²) in [5, 5.41) is 17.6. The normalized spacial score (nSPS) is 20.2. The lowest BCUT2D eigenvalue weighted by atomic mass is 10.1. The Kier molecular flexibility index (Phi) is 4.76. The second-order valence-electron chi connectivity index (χ2n) is 4.46. The maximum atomic E-state index is 10.7. The molecule has 0 aromatic heterocycles. The van der Waals surface area contributed by atoms with Crippen molar-refractivity contribution in [3.8, 4) is 0 Å². The third kappa shape index (κ3) is 3.55. The van der Waals surface area contributed by atoms with E-state index in [2.05, 4.69) is 10.6 Å². The first-order valence-electron chi connectivity index (χ1n) is 6.08. The van der Waals surface area contributed by atoms with Gasteiger partial charge in [-0.25, -0.2) is 0 Å². The molecule has 1 aromatic rings. The molecule has 1 aromatic carbocycles. The molecule has 1 fully saturated rings. The van der Waals surface area contributed by atoms with Crippen LogP contribution in [0.5, 0.6) is 0 Å². The second-order valence-corrected chi connectivity index (χ2v) is 5.63. The van der Waals surface area contributed by atoms with Crippen molar-refractivity contribution in [2.75, 3.05) is 18.4 Å². The molecule has 6 heteroatoms. The quantitative estimate of drug-likeness (QED) is 0.494. The summed E-state index contributed by atoms with van der Waals surface area (Å²) in [7, 11) is 0. The first-order valence-corrected chi connectivity index (χ1v) is 7.16. The number of hydrogen-bond acceptors (Lipinski definition) is 4. The largest absolute Gasteiger partial charge is 0.381 e. The fourth-order valence-electron chi connectivity index (χ4n) is 2.12. The number of rotatable bonds is 3. The summed E-state index contributed by atoms with van der Waals surface area (Å²) in [6, 6.07) is 5.59. The van der Waals surface area contributed by atoms with Crippen LogP contribution in [0.3, 0.4) is 0 Å². The molecule has 1 aliphatic heterocycles. The SMILES string of the molecule is O=[N+]([O-])c1ccc(NC2CCCCNC2)cc1I. The highest BCUT2D eigenvalue weighted by Gasteiger charge is 2.14. The molecular formula is C12H16IN3O2. The van der Waals surface area contributed by atoms with Crippen molar-refractivity contribution >= 4 is 34.0 Å². The summed E-state index contributed by atoms with van der Waals surface area (Å²) in [4.78, 5) is 10.4. The third-order valence-electron chi connectivity index (χ3n) is 3.06. The van der Waals surface area contributed by atoms with E-state index in [0.29, 0.717) is 9.61 Å². The Morgan fingerprint density at radius 2 is 2.28 bits per heavy atom. The summed E-state index contributed by atoms with van der Waals surface area (Å²) in [6.07, 6.45) is 3.57. The van der Waals surface area contributed by atoms with Crippen molar-refractivity contribution in [3.63, 3.8) is 0 Å². The van der Waals surface area contributed by atoms with Gasteiger partial charge in [-0.15, -0.1) is 0 Å². The maximum absolute atomic E-state index is 10.7. The Labute approximate surface area is 120 Å². The predicted octanol–water partition coefficient (Wildman–Crippen LogP) is 2.75. The van der Waals surface area contributed by atoms with Crippen molar-refractivity contribution in [2.45, 2.75) is 25.3 Å². The maximum Gasteiger partial charge on any atom is 0.282 e. The number of benzene rings is 1. The van der Waals surface area contributed by atoms with Crippen LogP contribution in [-0.4, -0.2) is 24.1 Å². The van der Waals surface area contributed by atoms with Gasteiger partial charge in [0, 0.05) is 24.3 Å². The molecule has 5 nitrogen and oxygen atoms in total. The van der Waals surface area contributed by atoms with Crippen LogP contribution in [0.1, 0.15) is 19.3 Å². The Balaban J connectivity index is 2.05. The Morgan fingerprint density at radius 3 is 3.00 bits per heavy atom. The molecule has 2 rings (SSSR count). The lowest BCUT2D eigenvalue weighted by Crippen LogP contribution is -2.30. The first-order chi connectivity index (χ1) is 8.66. The third-order valence-corrected chi connectivity index (χ3v) is 3.93. The number of halogens is 1. The van der Waals surface area contributed by atoms with Crippen LogP contribution in [0, 0.1) is 13.7 Å². The number of nitrogens with one attached hydrogen (secondary N) is 2. The van der Waals surface area contributed by atoms with Crippen LogP contribution in [0.15, 0.2) is 18.2 Å². The number of nitro benzene ring substituents is 1. The molecule has 1 aliphatic rings. The van der Waals surface area contributed by atoms with Crippen LogP contribution in [0.25, 0.3) is 0 Å². The van der Waals surface area contributed by atoms with Crippen molar-refractivity contribution in [1.82, 2.24) is 5.32 Å². The minimum Gasteiger partial charge on any atom is -0.381 e. The van der Waals surface area contributed by atoms with Crippen LogP contribution in [0.4, 0.5) is 11.4 Å². The molecule has 1 saturated heterocycles. The van der Waals surface area contributed by atoms with Crippen LogP contribution < -0.4 is 10.6 Å². The summed E-state index contributed by atoms with van der Waals surface area (Å²) in [5.41, 5.74) is 1.12. The van der Waals surface area contributed by atoms with E-state index >= 15 is 0 Å². The predicted molar refractivity (Wildman–Crippen MR) is 79.9 cm³/mol. The first kappa shape index (κ1) is 13.5. The molecule has 0 aliphatic carbocycles. The van der Waals surface area contributed by atoms with E-state index in [1.165, 1.54) is 12.8 Å². The summed E-state index contributed by atoms with van der Waals surface area (Å²) < 4.78 is 0.671. The highest BCUT2D eigenvalue weighted by molar-refractivity contribution is 14.1. The Bertz CT molecular complexity index is 431. The van der Waals surface area contributed by atoms with Crippen LogP contribution in [0.2, 0.25) is 0 Å². The van der Waals surface area contributed by atoms with Crippen molar-refractivity contribution < 1.29 is 4.92 Å². The Morgan fingerprint density at radius 1 is 1.44 bits per heavy atom. The van der Waals surface area contributed by atoms with E-state index in [1.54, 1.807) is 12.1 Å². The van der Waals surface area contributed by atoms with Gasteiger partial charge in [-0.05, 0) is 54.1 Å².